The molecule has 0 aromatic carbocycles. The van der Waals surface area contributed by atoms with Gasteiger partial charge in [0.2, 0.25) is 5.91 Å². The van der Waals surface area contributed by atoms with Gasteiger partial charge in [0, 0.05) is 31.6 Å². The number of amides is 1. The maximum atomic E-state index is 12.9. The van der Waals surface area contributed by atoms with E-state index in [-0.39, 0.29) is 29.8 Å². The minimum Gasteiger partial charge on any atom is -0.461 e. The third-order valence-electron chi connectivity index (χ3n) is 4.96. The fourth-order valence-corrected chi connectivity index (χ4v) is 3.71. The van der Waals surface area contributed by atoms with Crippen LogP contribution in [0.25, 0.3) is 0 Å². The first-order valence-corrected chi connectivity index (χ1v) is 8.78. The van der Waals surface area contributed by atoms with E-state index in [2.05, 4.69) is 18.7 Å². The topological polar surface area (TPSA) is 63.0 Å². The highest BCUT2D eigenvalue weighted by Gasteiger charge is 2.39. The highest BCUT2D eigenvalue weighted by atomic mass is 16.5. The maximum absolute atomic E-state index is 12.9. The summed E-state index contributed by atoms with van der Waals surface area (Å²) in [5.74, 6) is 0.525. The highest BCUT2D eigenvalue weighted by Crippen LogP contribution is 2.25. The van der Waals surface area contributed by atoms with Crippen LogP contribution in [0.3, 0.4) is 0 Å². The number of carbonyl (C=O) groups is 2. The average Bonchev–Trinajstić information content (AvgIpc) is 3.10. The van der Waals surface area contributed by atoms with Crippen LogP contribution in [-0.2, 0) is 9.53 Å². The van der Waals surface area contributed by atoms with Gasteiger partial charge in [0.05, 0.1) is 25.5 Å². The zero-order valence-electron chi connectivity index (χ0n) is 14.4. The van der Waals surface area contributed by atoms with Crippen LogP contribution < -0.4 is 0 Å². The molecule has 2 aliphatic rings. The molecule has 2 atom stereocenters. The summed E-state index contributed by atoms with van der Waals surface area (Å²) in [4.78, 5) is 29.4. The van der Waals surface area contributed by atoms with Gasteiger partial charge >= 0.3 is 0 Å². The lowest BCUT2D eigenvalue weighted by atomic mass is 9.97. The Kier molecular flexibility index (Phi) is 5.36. The number of morpholine rings is 1. The van der Waals surface area contributed by atoms with Crippen molar-refractivity contribution in [2.75, 3.05) is 26.3 Å². The number of ketones is 1. The molecular weight excluding hydrogens is 308 g/mol. The summed E-state index contributed by atoms with van der Waals surface area (Å²) in [6.45, 7) is 6.72. The van der Waals surface area contributed by atoms with Crippen LogP contribution in [0.1, 0.15) is 43.7 Å². The van der Waals surface area contributed by atoms with Crippen molar-refractivity contribution in [2.24, 2.45) is 0 Å². The van der Waals surface area contributed by atoms with E-state index in [0.29, 0.717) is 31.9 Å². The van der Waals surface area contributed by atoms with Crippen LogP contribution in [0.2, 0.25) is 0 Å². The first-order valence-electron chi connectivity index (χ1n) is 8.78. The first kappa shape index (κ1) is 17.2. The Morgan fingerprint density at radius 2 is 2.21 bits per heavy atom. The molecule has 0 N–H and O–H groups in total. The number of nitrogens with zero attached hydrogens (tertiary/aromatic N) is 2. The molecule has 1 aromatic rings. The monoisotopic (exact) mass is 334 g/mol. The van der Waals surface area contributed by atoms with Gasteiger partial charge in [0.15, 0.2) is 11.5 Å². The van der Waals surface area contributed by atoms with Crippen LogP contribution in [0, 0.1) is 0 Å². The van der Waals surface area contributed by atoms with Gasteiger partial charge in [-0.2, -0.15) is 0 Å². The molecule has 6 heteroatoms. The number of hydrogen-bond donors (Lipinski definition) is 0. The Labute approximate surface area is 142 Å². The molecule has 24 heavy (non-hydrogen) atoms. The van der Waals surface area contributed by atoms with Crippen molar-refractivity contribution < 1.29 is 18.7 Å². The predicted octanol–water partition coefficient (Wildman–Crippen LogP) is 1.95. The number of rotatable bonds is 5. The summed E-state index contributed by atoms with van der Waals surface area (Å²) in [7, 11) is 0. The largest absolute Gasteiger partial charge is 0.461 e. The van der Waals surface area contributed by atoms with E-state index in [1.54, 1.807) is 12.1 Å². The number of likely N-dealkylation sites (tertiary alicyclic amines) is 1. The molecule has 1 amide bonds. The van der Waals surface area contributed by atoms with E-state index in [4.69, 9.17) is 9.15 Å². The second-order valence-electron chi connectivity index (χ2n) is 6.85. The smallest absolute Gasteiger partial charge is 0.240 e. The second kappa shape index (κ2) is 7.49. The zero-order chi connectivity index (χ0) is 17.1. The van der Waals surface area contributed by atoms with E-state index in [1.807, 2.05) is 4.90 Å². The van der Waals surface area contributed by atoms with E-state index < -0.39 is 0 Å². The summed E-state index contributed by atoms with van der Waals surface area (Å²) in [5, 5.41) is 0. The number of furan rings is 1. The van der Waals surface area contributed by atoms with Gasteiger partial charge in [-0.3, -0.25) is 14.5 Å². The number of carbonyl (C=O) groups excluding carboxylic acids is 2. The summed E-state index contributed by atoms with van der Waals surface area (Å²) in [6.07, 6.45) is 3.69. The lowest BCUT2D eigenvalue weighted by Crippen LogP contribution is -2.60. The van der Waals surface area contributed by atoms with Crippen LogP contribution in [0.5, 0.6) is 0 Å². The Morgan fingerprint density at radius 1 is 1.38 bits per heavy atom. The molecule has 2 fully saturated rings. The molecule has 3 rings (SSSR count). The van der Waals surface area contributed by atoms with Crippen molar-refractivity contribution in [2.45, 2.75) is 51.2 Å². The van der Waals surface area contributed by atoms with Gasteiger partial charge in [-0.15, -0.1) is 0 Å². The van der Waals surface area contributed by atoms with Crippen molar-refractivity contribution in [1.29, 1.82) is 0 Å². The SMILES string of the molecule is CC(C)N1CCC[C@H](N2CCOC[C@@H]2CC(=O)c2ccco2)C1=O. The third-order valence-corrected chi connectivity index (χ3v) is 4.96. The van der Waals surface area contributed by atoms with Crippen LogP contribution in [0.4, 0.5) is 0 Å². The molecule has 3 heterocycles. The first-order chi connectivity index (χ1) is 11.6. The van der Waals surface area contributed by atoms with E-state index in [9.17, 15) is 9.59 Å². The summed E-state index contributed by atoms with van der Waals surface area (Å²) in [5.41, 5.74) is 0. The van der Waals surface area contributed by atoms with Crippen molar-refractivity contribution in [3.05, 3.63) is 24.2 Å². The molecule has 0 spiro atoms. The van der Waals surface area contributed by atoms with Crippen molar-refractivity contribution >= 4 is 11.7 Å². The number of ether oxygens (including phenoxy) is 1. The molecular formula is C18H26N2O4. The van der Waals surface area contributed by atoms with Crippen LogP contribution in [-0.4, -0.2) is 65.9 Å². The Morgan fingerprint density at radius 3 is 2.92 bits per heavy atom. The molecule has 0 saturated carbocycles. The standard InChI is InChI=1S/C18H26N2O4/c1-13(2)19-7-3-5-15(18(19)22)20-8-10-23-12-14(20)11-16(21)17-6-4-9-24-17/h4,6,9,13-15H,3,5,7-8,10-12H2,1-2H3/t14-,15-/m0/s1. The molecule has 0 aliphatic carbocycles. The van der Waals surface area contributed by atoms with Gasteiger partial charge in [-0.25, -0.2) is 0 Å². The van der Waals surface area contributed by atoms with Gasteiger partial charge in [0.1, 0.15) is 0 Å². The second-order valence-corrected chi connectivity index (χ2v) is 6.85. The molecule has 2 aliphatic heterocycles. The quantitative estimate of drug-likeness (QED) is 0.770. The zero-order valence-corrected chi connectivity index (χ0v) is 14.4. The molecule has 2 saturated heterocycles. The lowest BCUT2D eigenvalue weighted by molar-refractivity contribution is -0.146. The van der Waals surface area contributed by atoms with E-state index in [0.717, 1.165) is 19.4 Å². The fraction of sp³-hybridized carbons (Fsp3) is 0.667. The number of hydrogen-bond acceptors (Lipinski definition) is 5. The molecule has 132 valence electrons. The van der Waals surface area contributed by atoms with Crippen LogP contribution in [0.15, 0.2) is 22.8 Å². The van der Waals surface area contributed by atoms with Gasteiger partial charge in [-0.05, 0) is 38.8 Å². The van der Waals surface area contributed by atoms with Gasteiger partial charge in [0.25, 0.3) is 0 Å². The van der Waals surface area contributed by atoms with E-state index in [1.165, 1.54) is 6.26 Å². The highest BCUT2D eigenvalue weighted by molar-refractivity contribution is 5.93. The lowest BCUT2D eigenvalue weighted by Gasteiger charge is -2.45. The average molecular weight is 334 g/mol. The predicted molar refractivity (Wildman–Crippen MR) is 88.8 cm³/mol. The number of piperidine rings is 1. The minimum atomic E-state index is -0.139. The van der Waals surface area contributed by atoms with E-state index >= 15 is 0 Å². The minimum absolute atomic E-state index is 0.0375. The Bertz CT molecular complexity index is 570. The normalized spacial score (nSPS) is 26.1. The van der Waals surface area contributed by atoms with Crippen molar-refractivity contribution in [3.63, 3.8) is 0 Å². The third kappa shape index (κ3) is 3.54. The number of Topliss-reactive ketones (excluding diaryl/α,β-unsaturated/α-hetero) is 1. The van der Waals surface area contributed by atoms with Crippen molar-refractivity contribution in [1.82, 2.24) is 9.80 Å². The molecule has 0 bridgehead atoms. The van der Waals surface area contributed by atoms with Gasteiger partial charge in [-0.1, -0.05) is 0 Å². The Balaban J connectivity index is 1.72. The summed E-state index contributed by atoms with van der Waals surface area (Å²) >= 11 is 0. The van der Waals surface area contributed by atoms with Crippen LogP contribution >= 0.6 is 0 Å². The molecule has 1 aromatic heterocycles. The Hall–Kier alpha value is -1.66. The fourth-order valence-electron chi connectivity index (χ4n) is 3.71. The van der Waals surface area contributed by atoms with Crippen molar-refractivity contribution in [3.8, 4) is 0 Å². The molecule has 6 nitrogen and oxygen atoms in total. The summed E-state index contributed by atoms with van der Waals surface area (Å²) in [6, 6.07) is 3.40. The summed E-state index contributed by atoms with van der Waals surface area (Å²) < 4.78 is 10.8. The molecule has 0 radical (unpaired) electrons. The molecule has 0 unspecified atom stereocenters. The maximum Gasteiger partial charge on any atom is 0.240 e. The van der Waals surface area contributed by atoms with Gasteiger partial charge < -0.3 is 14.1 Å².